The largest absolute Gasteiger partial charge is 0.329 e. The van der Waals surface area contributed by atoms with Crippen molar-refractivity contribution in [3.63, 3.8) is 0 Å². The summed E-state index contributed by atoms with van der Waals surface area (Å²) in [6.07, 6.45) is 3.93. The fraction of sp³-hybridized carbons (Fsp3) is 0.438. The standard InChI is InChI=1S/C16H23N3/c1-12(2)18-10-16-17-5-6-19(16)11-15-8-13(3)7-14(4)9-15/h5-9,12,18H,10-11H2,1-4H3. The first-order valence-corrected chi connectivity index (χ1v) is 6.85. The first-order valence-electron chi connectivity index (χ1n) is 6.85. The van der Waals surface area contributed by atoms with Crippen LogP contribution < -0.4 is 5.32 Å². The minimum atomic E-state index is 0.478. The van der Waals surface area contributed by atoms with E-state index >= 15 is 0 Å². The van der Waals surface area contributed by atoms with Crippen molar-refractivity contribution in [2.75, 3.05) is 0 Å². The van der Waals surface area contributed by atoms with Crippen LogP contribution in [0, 0.1) is 13.8 Å². The SMILES string of the molecule is Cc1cc(C)cc(Cn2ccnc2CNC(C)C)c1. The molecule has 0 aliphatic rings. The van der Waals surface area contributed by atoms with Gasteiger partial charge in [-0.1, -0.05) is 43.2 Å². The van der Waals surface area contributed by atoms with Gasteiger partial charge >= 0.3 is 0 Å². The van der Waals surface area contributed by atoms with Gasteiger partial charge in [-0.15, -0.1) is 0 Å². The van der Waals surface area contributed by atoms with Gasteiger partial charge in [-0.05, 0) is 19.4 Å². The Balaban J connectivity index is 2.12. The minimum Gasteiger partial charge on any atom is -0.329 e. The molecule has 1 aromatic heterocycles. The Morgan fingerprint density at radius 2 is 1.84 bits per heavy atom. The summed E-state index contributed by atoms with van der Waals surface area (Å²) in [5.74, 6) is 1.09. The topological polar surface area (TPSA) is 29.9 Å². The first-order chi connectivity index (χ1) is 9.04. The summed E-state index contributed by atoms with van der Waals surface area (Å²) in [6.45, 7) is 10.3. The Morgan fingerprint density at radius 1 is 1.16 bits per heavy atom. The second-order valence-corrected chi connectivity index (χ2v) is 5.50. The Hall–Kier alpha value is -1.61. The molecule has 3 heteroatoms. The molecule has 0 bridgehead atoms. The molecule has 0 saturated heterocycles. The second-order valence-electron chi connectivity index (χ2n) is 5.50. The zero-order valence-corrected chi connectivity index (χ0v) is 12.3. The predicted molar refractivity (Wildman–Crippen MR) is 79.2 cm³/mol. The maximum atomic E-state index is 4.43. The molecule has 1 aromatic carbocycles. The third kappa shape index (κ3) is 3.93. The van der Waals surface area contributed by atoms with E-state index in [0.29, 0.717) is 6.04 Å². The molecule has 2 rings (SSSR count). The van der Waals surface area contributed by atoms with Gasteiger partial charge in [-0.25, -0.2) is 4.98 Å². The van der Waals surface area contributed by atoms with Crippen molar-refractivity contribution in [1.82, 2.24) is 14.9 Å². The number of rotatable bonds is 5. The Labute approximate surface area is 115 Å². The van der Waals surface area contributed by atoms with E-state index in [1.54, 1.807) is 0 Å². The number of hydrogen-bond acceptors (Lipinski definition) is 2. The van der Waals surface area contributed by atoms with Crippen molar-refractivity contribution in [1.29, 1.82) is 0 Å². The third-order valence-corrected chi connectivity index (χ3v) is 3.10. The van der Waals surface area contributed by atoms with Gasteiger partial charge in [0, 0.05) is 25.0 Å². The van der Waals surface area contributed by atoms with Crippen LogP contribution in [0.3, 0.4) is 0 Å². The number of aryl methyl sites for hydroxylation is 2. The monoisotopic (exact) mass is 257 g/mol. The molecule has 0 aliphatic carbocycles. The lowest BCUT2D eigenvalue weighted by Gasteiger charge is -2.12. The fourth-order valence-corrected chi connectivity index (χ4v) is 2.30. The molecular formula is C16H23N3. The summed E-state index contributed by atoms with van der Waals surface area (Å²) in [5, 5.41) is 3.41. The highest BCUT2D eigenvalue weighted by Gasteiger charge is 2.05. The minimum absolute atomic E-state index is 0.478. The molecule has 1 N–H and O–H groups in total. The van der Waals surface area contributed by atoms with Crippen molar-refractivity contribution in [2.45, 2.75) is 46.8 Å². The van der Waals surface area contributed by atoms with Gasteiger partial charge in [-0.2, -0.15) is 0 Å². The van der Waals surface area contributed by atoms with Crippen LogP contribution in [0.2, 0.25) is 0 Å². The Bertz CT molecular complexity index is 520. The van der Waals surface area contributed by atoms with E-state index in [2.05, 4.69) is 67.0 Å². The lowest BCUT2D eigenvalue weighted by atomic mass is 10.1. The van der Waals surface area contributed by atoms with Crippen molar-refractivity contribution in [2.24, 2.45) is 0 Å². The van der Waals surface area contributed by atoms with Crippen LogP contribution in [0.25, 0.3) is 0 Å². The molecule has 3 nitrogen and oxygen atoms in total. The lowest BCUT2D eigenvalue weighted by Crippen LogP contribution is -2.24. The number of nitrogens with zero attached hydrogens (tertiary/aromatic N) is 2. The molecule has 1 heterocycles. The second kappa shape index (κ2) is 6.02. The molecular weight excluding hydrogens is 234 g/mol. The van der Waals surface area contributed by atoms with Gasteiger partial charge in [0.25, 0.3) is 0 Å². The van der Waals surface area contributed by atoms with Crippen LogP contribution >= 0.6 is 0 Å². The van der Waals surface area contributed by atoms with Crippen LogP contribution in [0.1, 0.15) is 36.4 Å². The smallest absolute Gasteiger partial charge is 0.122 e. The normalized spacial score (nSPS) is 11.2. The predicted octanol–water partition coefficient (Wildman–Crippen LogP) is 3.05. The lowest BCUT2D eigenvalue weighted by molar-refractivity contribution is 0.554. The van der Waals surface area contributed by atoms with Crippen molar-refractivity contribution in [3.8, 4) is 0 Å². The van der Waals surface area contributed by atoms with E-state index in [0.717, 1.165) is 18.9 Å². The maximum absolute atomic E-state index is 4.43. The average Bonchev–Trinajstić information content (AvgIpc) is 2.72. The molecule has 19 heavy (non-hydrogen) atoms. The molecule has 0 atom stereocenters. The average molecular weight is 257 g/mol. The van der Waals surface area contributed by atoms with Gasteiger partial charge in [0.2, 0.25) is 0 Å². The van der Waals surface area contributed by atoms with Crippen LogP contribution in [-0.4, -0.2) is 15.6 Å². The van der Waals surface area contributed by atoms with Gasteiger partial charge < -0.3 is 9.88 Å². The zero-order valence-electron chi connectivity index (χ0n) is 12.3. The van der Waals surface area contributed by atoms with Gasteiger partial charge in [0.1, 0.15) is 5.82 Å². The van der Waals surface area contributed by atoms with E-state index in [9.17, 15) is 0 Å². The highest BCUT2D eigenvalue weighted by Crippen LogP contribution is 2.11. The van der Waals surface area contributed by atoms with Crippen LogP contribution in [0.5, 0.6) is 0 Å². The number of benzene rings is 1. The molecule has 0 amide bonds. The fourth-order valence-electron chi connectivity index (χ4n) is 2.30. The van der Waals surface area contributed by atoms with E-state index in [1.807, 2.05) is 6.20 Å². The quantitative estimate of drug-likeness (QED) is 0.892. The van der Waals surface area contributed by atoms with Crippen LogP contribution in [0.4, 0.5) is 0 Å². The van der Waals surface area contributed by atoms with Crippen molar-refractivity contribution >= 4 is 0 Å². The summed E-state index contributed by atoms with van der Waals surface area (Å²) in [4.78, 5) is 4.43. The van der Waals surface area contributed by atoms with Gasteiger partial charge in [0.05, 0.1) is 6.54 Å². The van der Waals surface area contributed by atoms with E-state index in [1.165, 1.54) is 16.7 Å². The maximum Gasteiger partial charge on any atom is 0.122 e. The first kappa shape index (κ1) is 13.8. The van der Waals surface area contributed by atoms with E-state index < -0.39 is 0 Å². The van der Waals surface area contributed by atoms with E-state index in [4.69, 9.17) is 0 Å². The summed E-state index contributed by atoms with van der Waals surface area (Å²) >= 11 is 0. The zero-order chi connectivity index (χ0) is 13.8. The molecule has 102 valence electrons. The number of nitrogens with one attached hydrogen (secondary N) is 1. The molecule has 0 fully saturated rings. The summed E-state index contributed by atoms with van der Waals surface area (Å²) in [6, 6.07) is 7.17. The molecule has 0 radical (unpaired) electrons. The van der Waals surface area contributed by atoms with E-state index in [-0.39, 0.29) is 0 Å². The van der Waals surface area contributed by atoms with Crippen LogP contribution in [0.15, 0.2) is 30.6 Å². The molecule has 0 saturated carbocycles. The van der Waals surface area contributed by atoms with Crippen molar-refractivity contribution < 1.29 is 0 Å². The molecule has 0 aliphatic heterocycles. The van der Waals surface area contributed by atoms with Crippen molar-refractivity contribution in [3.05, 3.63) is 53.1 Å². The molecule has 0 unspecified atom stereocenters. The van der Waals surface area contributed by atoms with Gasteiger partial charge in [-0.3, -0.25) is 0 Å². The Morgan fingerprint density at radius 3 is 2.47 bits per heavy atom. The number of imidazole rings is 1. The number of aromatic nitrogens is 2. The molecule has 0 spiro atoms. The Kier molecular flexibility index (Phi) is 4.38. The number of hydrogen-bond donors (Lipinski definition) is 1. The summed E-state index contributed by atoms with van der Waals surface area (Å²) < 4.78 is 2.21. The summed E-state index contributed by atoms with van der Waals surface area (Å²) in [5.41, 5.74) is 3.97. The highest BCUT2D eigenvalue weighted by molar-refractivity contribution is 5.28. The van der Waals surface area contributed by atoms with Gasteiger partial charge in [0.15, 0.2) is 0 Å². The molecule has 2 aromatic rings. The summed E-state index contributed by atoms with van der Waals surface area (Å²) in [7, 11) is 0. The third-order valence-electron chi connectivity index (χ3n) is 3.10. The van der Waals surface area contributed by atoms with Crippen LogP contribution in [-0.2, 0) is 13.1 Å². The highest BCUT2D eigenvalue weighted by atomic mass is 15.1.